The minimum atomic E-state index is -0.827. The van der Waals surface area contributed by atoms with Crippen LogP contribution in [0.15, 0.2) is 27.1 Å². The van der Waals surface area contributed by atoms with Crippen LogP contribution in [0.5, 0.6) is 0 Å². The number of carboxylic acid groups (broad SMARTS) is 1. The summed E-state index contributed by atoms with van der Waals surface area (Å²) in [5.74, 6) is -1.40. The van der Waals surface area contributed by atoms with Crippen molar-refractivity contribution in [3.05, 3.63) is 32.7 Å². The quantitative estimate of drug-likeness (QED) is 0.843. The number of carbonyl (C=O) groups excluding carboxylic acids is 1. The number of likely N-dealkylation sites (tertiary alicyclic amines) is 1. The Labute approximate surface area is 128 Å². The highest BCUT2D eigenvalue weighted by molar-refractivity contribution is 9.11. The Morgan fingerprint density at radius 3 is 2.68 bits per heavy atom. The Balaban J connectivity index is 2.17. The number of piperidine rings is 1. The zero-order chi connectivity index (χ0) is 14.0. The van der Waals surface area contributed by atoms with Crippen LogP contribution >= 0.6 is 31.9 Å². The first-order chi connectivity index (χ1) is 8.99. The van der Waals surface area contributed by atoms with Gasteiger partial charge in [0.05, 0.1) is 11.5 Å². The van der Waals surface area contributed by atoms with Gasteiger partial charge in [0.15, 0.2) is 0 Å². The summed E-state index contributed by atoms with van der Waals surface area (Å²) in [4.78, 5) is 25.0. The van der Waals surface area contributed by atoms with Crippen molar-refractivity contribution in [2.45, 2.75) is 12.8 Å². The van der Waals surface area contributed by atoms with Gasteiger partial charge in [-0.3, -0.25) is 9.59 Å². The van der Waals surface area contributed by atoms with E-state index in [-0.39, 0.29) is 12.5 Å². The van der Waals surface area contributed by atoms with Crippen LogP contribution in [0.3, 0.4) is 0 Å². The van der Waals surface area contributed by atoms with Gasteiger partial charge in [-0.1, -0.05) is 15.9 Å². The number of rotatable bonds is 2. The Bertz CT molecular complexity index is 519. The lowest BCUT2D eigenvalue weighted by Gasteiger charge is -2.31. The SMILES string of the molecule is O=C(O)C1CCCN(C(=O)c2ccc(Br)cc2Br)C1. The summed E-state index contributed by atoms with van der Waals surface area (Å²) in [5.41, 5.74) is 0.564. The molecule has 1 saturated heterocycles. The molecule has 0 spiro atoms. The Morgan fingerprint density at radius 1 is 1.32 bits per heavy atom. The molecule has 0 aliphatic carbocycles. The van der Waals surface area contributed by atoms with Gasteiger partial charge >= 0.3 is 5.97 Å². The fourth-order valence-electron chi connectivity index (χ4n) is 2.20. The maximum atomic E-state index is 12.4. The highest BCUT2D eigenvalue weighted by Gasteiger charge is 2.29. The number of carbonyl (C=O) groups is 2. The monoisotopic (exact) mass is 389 g/mol. The lowest BCUT2D eigenvalue weighted by atomic mass is 9.97. The van der Waals surface area contributed by atoms with Gasteiger partial charge in [-0.15, -0.1) is 0 Å². The Morgan fingerprint density at radius 2 is 2.05 bits per heavy atom. The number of aliphatic carboxylic acids is 1. The third-order valence-corrected chi connectivity index (χ3v) is 4.37. The average Bonchev–Trinajstić information content (AvgIpc) is 2.38. The fourth-order valence-corrected chi connectivity index (χ4v) is 3.41. The van der Waals surface area contributed by atoms with E-state index in [0.717, 1.165) is 10.9 Å². The lowest BCUT2D eigenvalue weighted by molar-refractivity contribution is -0.143. The number of benzene rings is 1. The molecular formula is C13H13Br2NO3. The molecule has 4 nitrogen and oxygen atoms in total. The van der Waals surface area contributed by atoms with Crippen LogP contribution in [0.2, 0.25) is 0 Å². The van der Waals surface area contributed by atoms with Crippen molar-refractivity contribution in [1.82, 2.24) is 4.90 Å². The molecule has 0 aromatic heterocycles. The third-order valence-electron chi connectivity index (χ3n) is 3.22. The molecule has 1 heterocycles. The van der Waals surface area contributed by atoms with E-state index in [9.17, 15) is 9.59 Å². The van der Waals surface area contributed by atoms with Crippen LogP contribution in [0.25, 0.3) is 0 Å². The summed E-state index contributed by atoms with van der Waals surface area (Å²) < 4.78 is 1.60. The number of hydrogen-bond acceptors (Lipinski definition) is 2. The average molecular weight is 391 g/mol. The molecule has 1 fully saturated rings. The van der Waals surface area contributed by atoms with Crippen molar-refractivity contribution in [1.29, 1.82) is 0 Å². The summed E-state index contributed by atoms with van der Waals surface area (Å²) in [5, 5.41) is 9.05. The van der Waals surface area contributed by atoms with Gasteiger partial charge in [0.2, 0.25) is 0 Å². The maximum Gasteiger partial charge on any atom is 0.308 e. The van der Waals surface area contributed by atoms with Crippen LogP contribution < -0.4 is 0 Å². The molecule has 0 radical (unpaired) electrons. The summed E-state index contributed by atoms with van der Waals surface area (Å²) in [6.45, 7) is 0.905. The molecule has 1 atom stereocenters. The van der Waals surface area contributed by atoms with Crippen LogP contribution in [-0.2, 0) is 4.79 Å². The second kappa shape index (κ2) is 6.05. The molecule has 1 amide bonds. The summed E-state index contributed by atoms with van der Waals surface area (Å²) in [6.07, 6.45) is 1.37. The molecule has 2 rings (SSSR count). The molecule has 0 bridgehead atoms. The molecule has 1 aliphatic heterocycles. The third kappa shape index (κ3) is 3.36. The van der Waals surface area contributed by atoms with Gasteiger partial charge in [-0.05, 0) is 47.0 Å². The van der Waals surface area contributed by atoms with E-state index in [1.165, 1.54) is 0 Å². The van der Waals surface area contributed by atoms with Crippen LogP contribution in [0.1, 0.15) is 23.2 Å². The highest BCUT2D eigenvalue weighted by atomic mass is 79.9. The Hall–Kier alpha value is -0.880. The first kappa shape index (κ1) is 14.5. The van der Waals surface area contributed by atoms with Crippen LogP contribution in [-0.4, -0.2) is 35.0 Å². The van der Waals surface area contributed by atoms with E-state index in [4.69, 9.17) is 5.11 Å². The second-order valence-electron chi connectivity index (χ2n) is 4.55. The molecule has 1 unspecified atom stereocenters. The fraction of sp³-hybridized carbons (Fsp3) is 0.385. The van der Waals surface area contributed by atoms with E-state index >= 15 is 0 Å². The molecular weight excluding hydrogens is 378 g/mol. The van der Waals surface area contributed by atoms with E-state index in [2.05, 4.69) is 31.9 Å². The first-order valence-corrected chi connectivity index (χ1v) is 7.55. The van der Waals surface area contributed by atoms with Crippen LogP contribution in [0.4, 0.5) is 0 Å². The van der Waals surface area contributed by atoms with Crippen molar-refractivity contribution < 1.29 is 14.7 Å². The topological polar surface area (TPSA) is 57.6 Å². The number of halogens is 2. The van der Waals surface area contributed by atoms with Gasteiger partial charge in [0.1, 0.15) is 0 Å². The normalized spacial score (nSPS) is 19.3. The van der Waals surface area contributed by atoms with Gasteiger partial charge < -0.3 is 10.0 Å². The number of hydrogen-bond donors (Lipinski definition) is 1. The first-order valence-electron chi connectivity index (χ1n) is 5.96. The molecule has 1 aromatic rings. The molecule has 19 heavy (non-hydrogen) atoms. The maximum absolute atomic E-state index is 12.4. The zero-order valence-electron chi connectivity index (χ0n) is 10.1. The van der Waals surface area contributed by atoms with Crippen molar-refractivity contribution in [2.24, 2.45) is 5.92 Å². The summed E-state index contributed by atoms with van der Waals surface area (Å²) in [7, 11) is 0. The summed E-state index contributed by atoms with van der Waals surface area (Å²) in [6, 6.07) is 5.35. The Kier molecular flexibility index (Phi) is 4.62. The number of nitrogens with zero attached hydrogens (tertiary/aromatic N) is 1. The van der Waals surface area contributed by atoms with Gasteiger partial charge in [-0.25, -0.2) is 0 Å². The zero-order valence-corrected chi connectivity index (χ0v) is 13.3. The van der Waals surface area contributed by atoms with Gasteiger partial charge in [0, 0.05) is 22.0 Å². The highest BCUT2D eigenvalue weighted by Crippen LogP contribution is 2.25. The standard InChI is InChI=1S/C13H13Br2NO3/c14-9-3-4-10(11(15)6-9)12(17)16-5-1-2-8(7-16)13(18)19/h3-4,6,8H,1-2,5,7H2,(H,18,19). The minimum Gasteiger partial charge on any atom is -0.481 e. The number of carboxylic acids is 1. The van der Waals surface area contributed by atoms with E-state index in [0.29, 0.717) is 23.0 Å². The largest absolute Gasteiger partial charge is 0.481 e. The summed E-state index contributed by atoms with van der Waals surface area (Å²) >= 11 is 6.70. The van der Waals surface area contributed by atoms with Crippen molar-refractivity contribution in [3.63, 3.8) is 0 Å². The molecule has 0 saturated carbocycles. The molecule has 102 valence electrons. The van der Waals surface area contributed by atoms with E-state index < -0.39 is 11.9 Å². The lowest BCUT2D eigenvalue weighted by Crippen LogP contribution is -2.42. The van der Waals surface area contributed by atoms with Gasteiger partial charge in [0.25, 0.3) is 5.91 Å². The molecule has 1 aliphatic rings. The van der Waals surface area contributed by atoms with Crippen LogP contribution in [0, 0.1) is 5.92 Å². The number of amides is 1. The van der Waals surface area contributed by atoms with E-state index in [1.54, 1.807) is 17.0 Å². The smallest absolute Gasteiger partial charge is 0.308 e. The van der Waals surface area contributed by atoms with Crippen molar-refractivity contribution in [2.75, 3.05) is 13.1 Å². The molecule has 1 N–H and O–H groups in total. The second-order valence-corrected chi connectivity index (χ2v) is 6.32. The molecule has 6 heteroatoms. The van der Waals surface area contributed by atoms with Crippen molar-refractivity contribution in [3.8, 4) is 0 Å². The predicted octanol–water partition coefficient (Wildman–Crippen LogP) is 3.15. The van der Waals surface area contributed by atoms with Crippen molar-refractivity contribution >= 4 is 43.7 Å². The molecule has 1 aromatic carbocycles. The van der Waals surface area contributed by atoms with E-state index in [1.807, 2.05) is 6.07 Å². The minimum absolute atomic E-state index is 0.120. The predicted molar refractivity (Wildman–Crippen MR) is 78.1 cm³/mol. The van der Waals surface area contributed by atoms with Gasteiger partial charge in [-0.2, -0.15) is 0 Å².